The molecule has 0 aliphatic heterocycles. The summed E-state index contributed by atoms with van der Waals surface area (Å²) in [5.74, 6) is -2.20. The average molecular weight is 527 g/mol. The van der Waals surface area contributed by atoms with Gasteiger partial charge in [0.05, 0.1) is 0 Å². The van der Waals surface area contributed by atoms with Crippen LogP contribution in [0.15, 0.2) is 12.1 Å². The summed E-state index contributed by atoms with van der Waals surface area (Å²) in [6, 6.07) is 3.40. The highest BCUT2D eigenvalue weighted by Crippen LogP contribution is 2.46. The molecule has 0 aromatic heterocycles. The van der Waals surface area contributed by atoms with E-state index in [1.54, 1.807) is 12.1 Å². The Morgan fingerprint density at radius 1 is 0.771 bits per heavy atom. The van der Waals surface area contributed by atoms with Crippen molar-refractivity contribution in [2.24, 2.45) is 17.8 Å². The van der Waals surface area contributed by atoms with Crippen LogP contribution in [0.3, 0.4) is 0 Å². The van der Waals surface area contributed by atoms with Crippen LogP contribution in [0.5, 0.6) is 0 Å². The Morgan fingerprint density at radius 2 is 1.34 bits per heavy atom. The van der Waals surface area contributed by atoms with Crippen LogP contribution in [0.4, 0.5) is 17.6 Å². The maximum atomic E-state index is 15.2. The predicted molar refractivity (Wildman–Crippen MR) is 144 cm³/mol. The van der Waals surface area contributed by atoms with Gasteiger partial charge in [0.15, 0.2) is 23.3 Å². The number of halogens is 4. The van der Waals surface area contributed by atoms with E-state index < -0.39 is 23.3 Å². The molecule has 0 nitrogen and oxygen atoms in total. The highest BCUT2D eigenvalue weighted by atomic mass is 33.1. The molecule has 2 aromatic carbocycles. The molecule has 1 unspecified atom stereocenters. The van der Waals surface area contributed by atoms with Gasteiger partial charge in [0.25, 0.3) is 0 Å². The fourth-order valence-electron chi connectivity index (χ4n) is 5.68. The lowest BCUT2D eigenvalue weighted by Gasteiger charge is -2.27. The molecule has 6 heteroatoms. The number of thiol groups is 2. The molecule has 2 aliphatic rings. The lowest BCUT2D eigenvalue weighted by Crippen LogP contribution is -2.13. The molecular weight excluding hydrogens is 488 g/mol. The van der Waals surface area contributed by atoms with E-state index in [-0.39, 0.29) is 17.0 Å². The molecule has 4 rings (SSSR count). The second-order valence-corrected chi connectivity index (χ2v) is 11.1. The van der Waals surface area contributed by atoms with Gasteiger partial charge in [-0.3, -0.25) is 0 Å². The fraction of sp³-hybridized carbons (Fsp3) is 0.586. The summed E-state index contributed by atoms with van der Waals surface area (Å²) in [5, 5.41) is 0. The molecule has 0 spiro atoms. The summed E-state index contributed by atoms with van der Waals surface area (Å²) in [4.78, 5) is 0. The van der Waals surface area contributed by atoms with E-state index in [1.165, 1.54) is 0 Å². The standard InChI is InChI=1S/C29H36F4.H2S2/c1-16(2)5-6-17(3)9-12-20-13-21-14-22-15-23(19-10-7-18(4)8-11-19)27(31)29(33)25(22)24(21)28(32)26(20)30;1-2/h13,15-19H,5-12,14H2,1-4H3;1-2H. The van der Waals surface area contributed by atoms with Gasteiger partial charge in [-0.15, -0.1) is 23.3 Å². The first-order valence-corrected chi connectivity index (χ1v) is 14.5. The Bertz CT molecular complexity index is 1030. The number of fused-ring (bicyclic) bond motifs is 3. The summed E-state index contributed by atoms with van der Waals surface area (Å²) in [5.41, 5.74) is 1.74. The van der Waals surface area contributed by atoms with Gasteiger partial charge in [-0.2, -0.15) is 0 Å². The van der Waals surface area contributed by atoms with Gasteiger partial charge in [-0.25, -0.2) is 17.6 Å². The maximum Gasteiger partial charge on any atom is 0.167 e. The molecule has 2 aliphatic carbocycles. The Morgan fingerprint density at radius 3 is 1.94 bits per heavy atom. The summed E-state index contributed by atoms with van der Waals surface area (Å²) in [6.07, 6.45) is 7.41. The van der Waals surface area contributed by atoms with E-state index in [9.17, 15) is 4.39 Å². The Labute approximate surface area is 218 Å². The van der Waals surface area contributed by atoms with Crippen molar-refractivity contribution in [1.29, 1.82) is 0 Å². The zero-order valence-corrected chi connectivity index (χ0v) is 23.0. The van der Waals surface area contributed by atoms with E-state index in [4.69, 9.17) is 0 Å². The van der Waals surface area contributed by atoms with Crippen molar-refractivity contribution in [2.45, 2.75) is 91.4 Å². The number of benzene rings is 2. The second-order valence-electron chi connectivity index (χ2n) is 11.1. The molecule has 0 saturated heterocycles. The van der Waals surface area contributed by atoms with Crippen molar-refractivity contribution in [3.8, 4) is 11.1 Å². The minimum atomic E-state index is -1.03. The zero-order valence-electron chi connectivity index (χ0n) is 21.2. The van der Waals surface area contributed by atoms with Crippen molar-refractivity contribution in [1.82, 2.24) is 0 Å². The third-order valence-electron chi connectivity index (χ3n) is 7.91. The lowest BCUT2D eigenvalue weighted by atomic mass is 9.78. The molecule has 1 saturated carbocycles. The smallest absolute Gasteiger partial charge is 0.167 e. The molecule has 194 valence electrons. The molecule has 0 heterocycles. The molecule has 0 amide bonds. The SMILES string of the molecule is CC(C)CCC(C)CCc1cc2c(c(F)c1F)-c1c(cc(C3CCC(C)CC3)c(F)c1F)C2.SS. The van der Waals surface area contributed by atoms with Crippen molar-refractivity contribution < 1.29 is 17.6 Å². The monoisotopic (exact) mass is 526 g/mol. The molecule has 1 atom stereocenters. The molecule has 35 heavy (non-hydrogen) atoms. The van der Waals surface area contributed by atoms with Crippen molar-refractivity contribution >= 4 is 23.3 Å². The summed E-state index contributed by atoms with van der Waals surface area (Å²) in [7, 11) is 0. The van der Waals surface area contributed by atoms with Gasteiger partial charge >= 0.3 is 0 Å². The van der Waals surface area contributed by atoms with Gasteiger partial charge in [0, 0.05) is 11.1 Å². The van der Waals surface area contributed by atoms with Crippen LogP contribution >= 0.6 is 23.3 Å². The quantitative estimate of drug-likeness (QED) is 0.171. The minimum absolute atomic E-state index is 0.00539. The minimum Gasteiger partial charge on any atom is -0.203 e. The number of aryl methyl sites for hydroxylation is 1. The van der Waals surface area contributed by atoms with E-state index >= 15 is 13.2 Å². The topological polar surface area (TPSA) is 0 Å². The number of rotatable bonds is 7. The zero-order chi connectivity index (χ0) is 25.9. The average Bonchev–Trinajstić information content (AvgIpc) is 3.21. The van der Waals surface area contributed by atoms with E-state index in [0.29, 0.717) is 52.8 Å². The molecule has 0 bridgehead atoms. The Kier molecular flexibility index (Phi) is 10.1. The van der Waals surface area contributed by atoms with Crippen LogP contribution in [-0.4, -0.2) is 0 Å². The van der Waals surface area contributed by atoms with E-state index in [0.717, 1.165) is 44.9 Å². The molecule has 1 fully saturated rings. The third kappa shape index (κ3) is 6.23. The maximum absolute atomic E-state index is 15.2. The normalized spacial score (nSPS) is 19.7. The Balaban J connectivity index is 0.00000167. The van der Waals surface area contributed by atoms with E-state index in [1.807, 2.05) is 0 Å². The molecule has 0 radical (unpaired) electrons. The second kappa shape index (κ2) is 12.4. The molecule has 2 aromatic rings. The summed E-state index contributed by atoms with van der Waals surface area (Å²) in [6.45, 7) is 8.70. The Hall–Kier alpha value is -1.14. The van der Waals surface area contributed by atoms with Crippen LogP contribution in [0.25, 0.3) is 11.1 Å². The lowest BCUT2D eigenvalue weighted by molar-refractivity contribution is 0.339. The largest absolute Gasteiger partial charge is 0.203 e. The highest BCUT2D eigenvalue weighted by Gasteiger charge is 2.33. The third-order valence-corrected chi connectivity index (χ3v) is 7.91. The van der Waals surface area contributed by atoms with Crippen LogP contribution in [0, 0.1) is 41.0 Å². The predicted octanol–water partition coefficient (Wildman–Crippen LogP) is 9.87. The molecule has 0 N–H and O–H groups in total. The van der Waals surface area contributed by atoms with Crippen LogP contribution in [0.1, 0.15) is 101 Å². The first kappa shape index (κ1) is 28.4. The van der Waals surface area contributed by atoms with Crippen LogP contribution in [-0.2, 0) is 12.8 Å². The first-order valence-electron chi connectivity index (χ1n) is 12.9. The van der Waals surface area contributed by atoms with Gasteiger partial charge in [0.1, 0.15) is 0 Å². The first-order chi connectivity index (χ1) is 16.7. The van der Waals surface area contributed by atoms with Gasteiger partial charge < -0.3 is 0 Å². The van der Waals surface area contributed by atoms with Crippen LogP contribution < -0.4 is 0 Å². The van der Waals surface area contributed by atoms with Gasteiger partial charge in [-0.05, 0) is 78.0 Å². The van der Waals surface area contributed by atoms with Crippen molar-refractivity contribution in [3.63, 3.8) is 0 Å². The summed E-state index contributed by atoms with van der Waals surface area (Å²) < 4.78 is 60.4. The molecular formula is C29H38F4S2. The number of hydrogen-bond acceptors (Lipinski definition) is 2. The fourth-order valence-corrected chi connectivity index (χ4v) is 5.68. The van der Waals surface area contributed by atoms with Crippen molar-refractivity contribution in [3.05, 3.63) is 57.7 Å². The highest BCUT2D eigenvalue weighted by molar-refractivity contribution is 8.59. The van der Waals surface area contributed by atoms with Crippen LogP contribution in [0.2, 0.25) is 0 Å². The van der Waals surface area contributed by atoms with Gasteiger partial charge in [-0.1, -0.05) is 65.5 Å². The summed E-state index contributed by atoms with van der Waals surface area (Å²) >= 11 is 6.44. The van der Waals surface area contributed by atoms with E-state index in [2.05, 4.69) is 51.0 Å². The van der Waals surface area contributed by atoms with Crippen molar-refractivity contribution in [2.75, 3.05) is 0 Å². The van der Waals surface area contributed by atoms with Gasteiger partial charge in [0.2, 0.25) is 0 Å². The number of hydrogen-bond donors (Lipinski definition) is 2.